The van der Waals surface area contributed by atoms with Gasteiger partial charge in [-0.3, -0.25) is 9.79 Å². The van der Waals surface area contributed by atoms with Gasteiger partial charge in [-0.2, -0.15) is 5.26 Å². The second kappa shape index (κ2) is 9.97. The van der Waals surface area contributed by atoms with Crippen LogP contribution < -0.4 is 5.32 Å². The van der Waals surface area contributed by atoms with Gasteiger partial charge in [-0.25, -0.2) is 8.78 Å². The quantitative estimate of drug-likeness (QED) is 0.458. The highest BCUT2D eigenvalue weighted by atomic mass is 35.5. The van der Waals surface area contributed by atoms with E-state index in [4.69, 9.17) is 28.5 Å². The number of nitrogens with zero attached hydrogens (tertiary/aromatic N) is 2. The summed E-state index contributed by atoms with van der Waals surface area (Å²) in [5.41, 5.74) is 0.0381. The number of rotatable bonds is 6. The number of allylic oxidation sites excluding steroid dienone is 3. The molecule has 0 saturated carbocycles. The van der Waals surface area contributed by atoms with Gasteiger partial charge >= 0.3 is 0 Å². The van der Waals surface area contributed by atoms with Crippen LogP contribution in [0.5, 0.6) is 0 Å². The average Bonchev–Trinajstić information content (AvgIpc) is 2.67. The highest BCUT2D eigenvalue weighted by Crippen LogP contribution is 2.29. The summed E-state index contributed by atoms with van der Waals surface area (Å²) in [6.45, 7) is 4.86. The van der Waals surface area contributed by atoms with Crippen molar-refractivity contribution in [2.75, 3.05) is 0 Å². The number of nitrogens with one attached hydrogen (secondary N) is 1. The predicted octanol–water partition coefficient (Wildman–Crippen LogP) is 5.85. The van der Waals surface area contributed by atoms with Crippen LogP contribution in [0.3, 0.4) is 0 Å². The average molecular weight is 434 g/mol. The molecule has 0 saturated heterocycles. The maximum Gasteiger partial charge on any atom is 0.252 e. The Morgan fingerprint density at radius 2 is 1.97 bits per heavy atom. The van der Waals surface area contributed by atoms with Gasteiger partial charge in [0.25, 0.3) is 5.91 Å². The Balaban J connectivity index is 2.50. The molecule has 0 aliphatic rings. The third-order valence-corrected chi connectivity index (χ3v) is 4.21. The lowest BCUT2D eigenvalue weighted by molar-refractivity contribution is 0.0941. The van der Waals surface area contributed by atoms with Crippen molar-refractivity contribution in [2.45, 2.75) is 13.0 Å². The van der Waals surface area contributed by atoms with Crippen molar-refractivity contribution >= 4 is 35.8 Å². The fourth-order valence-corrected chi connectivity index (χ4v) is 2.70. The zero-order valence-corrected chi connectivity index (χ0v) is 16.7. The van der Waals surface area contributed by atoms with E-state index in [1.807, 2.05) is 0 Å². The minimum Gasteiger partial charge on any atom is -0.339 e. The van der Waals surface area contributed by atoms with Crippen LogP contribution >= 0.6 is 23.2 Å². The van der Waals surface area contributed by atoms with E-state index in [9.17, 15) is 13.6 Å². The van der Waals surface area contributed by atoms with Crippen LogP contribution in [0, 0.1) is 17.1 Å². The molecule has 0 radical (unpaired) electrons. The third kappa shape index (κ3) is 5.74. The number of halogens is 4. The Labute approximate surface area is 176 Å². The van der Waals surface area contributed by atoms with Gasteiger partial charge in [-0.1, -0.05) is 35.3 Å². The van der Waals surface area contributed by atoms with Crippen LogP contribution in [0.2, 0.25) is 5.02 Å². The molecule has 2 rings (SSSR count). The van der Waals surface area contributed by atoms with E-state index in [0.717, 1.165) is 12.1 Å². The molecular formula is C21H15Cl2F2N3O. The molecule has 0 aliphatic heterocycles. The Morgan fingerprint density at radius 1 is 1.31 bits per heavy atom. The molecule has 29 heavy (non-hydrogen) atoms. The van der Waals surface area contributed by atoms with E-state index in [1.165, 1.54) is 19.1 Å². The number of carbonyl (C=O) groups is 1. The van der Waals surface area contributed by atoms with Gasteiger partial charge < -0.3 is 5.32 Å². The lowest BCUT2D eigenvalue weighted by Gasteiger charge is -2.20. The number of amides is 1. The van der Waals surface area contributed by atoms with E-state index in [2.05, 4.69) is 17.0 Å². The molecule has 0 fully saturated rings. The second-order valence-electron chi connectivity index (χ2n) is 5.89. The topological polar surface area (TPSA) is 65.2 Å². The number of nitriles is 1. The molecule has 148 valence electrons. The minimum absolute atomic E-state index is 0.0478. The van der Waals surface area contributed by atoms with Gasteiger partial charge in [0.1, 0.15) is 23.4 Å². The van der Waals surface area contributed by atoms with Gasteiger partial charge in [0.05, 0.1) is 11.6 Å². The molecule has 1 atom stereocenters. The summed E-state index contributed by atoms with van der Waals surface area (Å²) >= 11 is 11.6. The highest BCUT2D eigenvalue weighted by molar-refractivity contribution is 6.30. The van der Waals surface area contributed by atoms with Crippen LogP contribution in [-0.2, 0) is 0 Å². The second-order valence-corrected chi connectivity index (χ2v) is 6.92. The van der Waals surface area contributed by atoms with Crippen molar-refractivity contribution < 1.29 is 13.6 Å². The lowest BCUT2D eigenvalue weighted by Crippen LogP contribution is -2.30. The number of carbonyl (C=O) groups excluding carboxylic acids is 1. The Morgan fingerprint density at radius 3 is 2.48 bits per heavy atom. The summed E-state index contributed by atoms with van der Waals surface area (Å²) in [6.07, 6.45) is 1.04. The van der Waals surface area contributed by atoms with E-state index in [1.54, 1.807) is 30.3 Å². The normalized spacial score (nSPS) is 13.2. The molecule has 0 spiro atoms. The molecule has 1 N–H and O–H groups in total. The first-order valence-electron chi connectivity index (χ1n) is 8.23. The fourth-order valence-electron chi connectivity index (χ4n) is 2.48. The smallest absolute Gasteiger partial charge is 0.252 e. The predicted molar refractivity (Wildman–Crippen MR) is 110 cm³/mol. The monoisotopic (exact) mass is 433 g/mol. The van der Waals surface area contributed by atoms with Gasteiger partial charge in [0.2, 0.25) is 0 Å². The zero-order chi connectivity index (χ0) is 21.6. The van der Waals surface area contributed by atoms with Crippen molar-refractivity contribution in [2.24, 2.45) is 4.99 Å². The van der Waals surface area contributed by atoms with E-state index < -0.39 is 23.6 Å². The first kappa shape index (κ1) is 22.3. The number of benzene rings is 2. The zero-order valence-electron chi connectivity index (χ0n) is 15.2. The summed E-state index contributed by atoms with van der Waals surface area (Å²) in [7, 11) is 0. The largest absolute Gasteiger partial charge is 0.339 e. The fraction of sp³-hybridized carbons (Fsp3) is 0.0952. The molecule has 4 nitrogen and oxygen atoms in total. The standard InChI is InChI=1S/C21H15Cl2F2N3O/c1-12(22)9-18(25)20(27-2)19(13-5-7-16(23)8-6-13)28-21(29)14-3-4-15(11-26)17(24)10-14/h3-10,19H,2H2,1H3,(H,28,29)/b12-9+,20-18+. The van der Waals surface area contributed by atoms with Crippen LogP contribution in [0.1, 0.15) is 34.5 Å². The first-order chi connectivity index (χ1) is 13.8. The molecule has 0 aliphatic carbocycles. The van der Waals surface area contributed by atoms with Gasteiger partial charge in [0.15, 0.2) is 0 Å². The van der Waals surface area contributed by atoms with Crippen LogP contribution in [0.15, 0.2) is 70.1 Å². The van der Waals surface area contributed by atoms with Gasteiger partial charge in [-0.15, -0.1) is 0 Å². The summed E-state index contributed by atoms with van der Waals surface area (Å²) in [5.74, 6) is -2.33. The van der Waals surface area contributed by atoms with Crippen molar-refractivity contribution in [3.63, 3.8) is 0 Å². The lowest BCUT2D eigenvalue weighted by atomic mass is 10.0. The Kier molecular flexibility index (Phi) is 7.66. The maximum atomic E-state index is 14.7. The highest BCUT2D eigenvalue weighted by Gasteiger charge is 2.23. The minimum atomic E-state index is -1.05. The van der Waals surface area contributed by atoms with Crippen molar-refractivity contribution in [1.82, 2.24) is 5.32 Å². The van der Waals surface area contributed by atoms with E-state index in [-0.39, 0.29) is 21.9 Å². The molecular weight excluding hydrogens is 419 g/mol. The molecule has 0 heterocycles. The summed E-state index contributed by atoms with van der Waals surface area (Å²) in [5, 5.41) is 12.0. The van der Waals surface area contributed by atoms with Crippen molar-refractivity contribution in [3.8, 4) is 6.07 Å². The van der Waals surface area contributed by atoms with Crippen LogP contribution in [-0.4, -0.2) is 12.6 Å². The number of aliphatic imine (C=N–C) groups is 1. The molecule has 1 amide bonds. The van der Waals surface area contributed by atoms with Crippen LogP contribution in [0.25, 0.3) is 0 Å². The molecule has 0 aromatic heterocycles. The Hall–Kier alpha value is -3.01. The summed E-state index contributed by atoms with van der Waals surface area (Å²) in [4.78, 5) is 16.4. The van der Waals surface area contributed by atoms with Crippen molar-refractivity contribution in [3.05, 3.63) is 92.6 Å². The third-order valence-electron chi connectivity index (χ3n) is 3.84. The summed E-state index contributed by atoms with van der Waals surface area (Å²) in [6, 6.07) is 10.3. The number of hydrogen-bond acceptors (Lipinski definition) is 3. The van der Waals surface area contributed by atoms with Gasteiger partial charge in [0, 0.05) is 15.6 Å². The molecule has 1 unspecified atom stereocenters. The molecule has 8 heteroatoms. The molecule has 2 aromatic rings. The molecule has 0 bridgehead atoms. The number of hydrogen-bond donors (Lipinski definition) is 1. The van der Waals surface area contributed by atoms with Gasteiger partial charge in [-0.05, 0) is 55.6 Å². The van der Waals surface area contributed by atoms with E-state index >= 15 is 0 Å². The maximum absolute atomic E-state index is 14.7. The SMILES string of the molecule is C=N/C(=C(F)\C=C(/C)Cl)C(NC(=O)c1ccc(C#N)c(F)c1)c1ccc(Cl)cc1. The van der Waals surface area contributed by atoms with Crippen LogP contribution in [0.4, 0.5) is 8.78 Å². The molecule has 2 aromatic carbocycles. The van der Waals surface area contributed by atoms with Crippen molar-refractivity contribution in [1.29, 1.82) is 5.26 Å². The van der Waals surface area contributed by atoms with E-state index in [0.29, 0.717) is 10.6 Å². The summed E-state index contributed by atoms with van der Waals surface area (Å²) < 4.78 is 28.5. The Bertz CT molecular complexity index is 1040. The first-order valence-corrected chi connectivity index (χ1v) is 8.98.